The standard InChI is InChI=1S/C15H20N2O2/c1-9-5-12(10(2)8-16)17-13-6-11(18-3)7-14(19-4)15(9)13/h5-7,10H,8,16H2,1-4H3. The van der Waals surface area contributed by atoms with Crippen LogP contribution in [-0.4, -0.2) is 25.7 Å². The van der Waals surface area contributed by atoms with Crippen LogP contribution >= 0.6 is 0 Å². The molecule has 0 bridgehead atoms. The van der Waals surface area contributed by atoms with Crippen molar-refractivity contribution in [2.75, 3.05) is 20.8 Å². The minimum Gasteiger partial charge on any atom is -0.497 e. The average Bonchev–Trinajstić information content (AvgIpc) is 2.44. The highest BCUT2D eigenvalue weighted by molar-refractivity contribution is 5.90. The molecule has 0 amide bonds. The quantitative estimate of drug-likeness (QED) is 0.918. The summed E-state index contributed by atoms with van der Waals surface area (Å²) in [4.78, 5) is 4.68. The van der Waals surface area contributed by atoms with Crippen LogP contribution in [0, 0.1) is 6.92 Å². The number of hydrogen-bond donors (Lipinski definition) is 1. The maximum absolute atomic E-state index is 5.72. The Morgan fingerprint density at radius 2 is 1.95 bits per heavy atom. The molecular weight excluding hydrogens is 240 g/mol. The third kappa shape index (κ3) is 2.49. The average molecular weight is 260 g/mol. The fourth-order valence-corrected chi connectivity index (χ4v) is 2.18. The Kier molecular flexibility index (Phi) is 3.90. The minimum atomic E-state index is 0.236. The van der Waals surface area contributed by atoms with Gasteiger partial charge in [0, 0.05) is 35.7 Å². The first-order valence-electron chi connectivity index (χ1n) is 6.34. The number of fused-ring (bicyclic) bond motifs is 1. The Hall–Kier alpha value is -1.81. The SMILES string of the molecule is COc1cc(OC)c2c(C)cc(C(C)CN)nc2c1. The van der Waals surface area contributed by atoms with Crippen LogP contribution in [0.2, 0.25) is 0 Å². The molecule has 0 fully saturated rings. The van der Waals surface area contributed by atoms with E-state index in [9.17, 15) is 0 Å². The third-order valence-corrected chi connectivity index (χ3v) is 3.38. The first-order chi connectivity index (χ1) is 9.10. The van der Waals surface area contributed by atoms with Gasteiger partial charge in [0.1, 0.15) is 11.5 Å². The molecule has 0 aliphatic heterocycles. The molecule has 4 nitrogen and oxygen atoms in total. The lowest BCUT2D eigenvalue weighted by molar-refractivity contribution is 0.397. The number of hydrogen-bond acceptors (Lipinski definition) is 4. The Labute approximate surface area is 113 Å². The van der Waals surface area contributed by atoms with Crippen LogP contribution in [0.4, 0.5) is 0 Å². The van der Waals surface area contributed by atoms with E-state index < -0.39 is 0 Å². The zero-order valence-corrected chi connectivity index (χ0v) is 11.9. The van der Waals surface area contributed by atoms with Crippen LogP contribution in [0.15, 0.2) is 18.2 Å². The molecule has 1 atom stereocenters. The van der Waals surface area contributed by atoms with Crippen molar-refractivity contribution in [3.8, 4) is 11.5 Å². The zero-order valence-electron chi connectivity index (χ0n) is 11.9. The van der Waals surface area contributed by atoms with E-state index in [4.69, 9.17) is 15.2 Å². The summed E-state index contributed by atoms with van der Waals surface area (Å²) >= 11 is 0. The number of benzene rings is 1. The molecule has 1 aromatic heterocycles. The van der Waals surface area contributed by atoms with Gasteiger partial charge in [-0.1, -0.05) is 6.92 Å². The van der Waals surface area contributed by atoms with Crippen LogP contribution in [-0.2, 0) is 0 Å². The second-order valence-electron chi connectivity index (χ2n) is 4.72. The van der Waals surface area contributed by atoms with Crippen molar-refractivity contribution in [3.05, 3.63) is 29.5 Å². The summed E-state index contributed by atoms with van der Waals surface area (Å²) in [5.41, 5.74) is 8.74. The fourth-order valence-electron chi connectivity index (χ4n) is 2.18. The van der Waals surface area contributed by atoms with E-state index in [1.165, 1.54) is 0 Å². The van der Waals surface area contributed by atoms with Gasteiger partial charge in [-0.15, -0.1) is 0 Å². The number of aromatic nitrogens is 1. The lowest BCUT2D eigenvalue weighted by atomic mass is 10.0. The van der Waals surface area contributed by atoms with Gasteiger partial charge in [0.2, 0.25) is 0 Å². The van der Waals surface area contributed by atoms with Crippen molar-refractivity contribution in [3.63, 3.8) is 0 Å². The van der Waals surface area contributed by atoms with Gasteiger partial charge in [-0.2, -0.15) is 0 Å². The molecule has 0 saturated heterocycles. The van der Waals surface area contributed by atoms with Gasteiger partial charge in [0.25, 0.3) is 0 Å². The molecule has 0 radical (unpaired) electrons. The van der Waals surface area contributed by atoms with Crippen molar-refractivity contribution in [2.24, 2.45) is 5.73 Å². The smallest absolute Gasteiger partial charge is 0.132 e. The minimum absolute atomic E-state index is 0.236. The molecule has 1 aromatic carbocycles. The molecule has 2 rings (SSSR count). The van der Waals surface area contributed by atoms with Gasteiger partial charge in [0.05, 0.1) is 19.7 Å². The topological polar surface area (TPSA) is 57.4 Å². The third-order valence-electron chi connectivity index (χ3n) is 3.38. The highest BCUT2D eigenvalue weighted by Gasteiger charge is 2.13. The maximum Gasteiger partial charge on any atom is 0.132 e. The normalized spacial score (nSPS) is 12.5. The summed E-state index contributed by atoms with van der Waals surface area (Å²) in [6.07, 6.45) is 0. The summed E-state index contributed by atoms with van der Waals surface area (Å²) in [5, 5.41) is 1.02. The monoisotopic (exact) mass is 260 g/mol. The maximum atomic E-state index is 5.72. The Bertz CT molecular complexity index is 596. The zero-order chi connectivity index (χ0) is 14.0. The number of pyridine rings is 1. The molecule has 2 N–H and O–H groups in total. The van der Waals surface area contributed by atoms with Gasteiger partial charge in [-0.3, -0.25) is 4.98 Å². The predicted molar refractivity (Wildman–Crippen MR) is 77.1 cm³/mol. The molecule has 19 heavy (non-hydrogen) atoms. The van der Waals surface area contributed by atoms with Crippen molar-refractivity contribution in [1.82, 2.24) is 4.98 Å². The fraction of sp³-hybridized carbons (Fsp3) is 0.400. The molecule has 1 heterocycles. The van der Waals surface area contributed by atoms with Crippen molar-refractivity contribution < 1.29 is 9.47 Å². The van der Waals surface area contributed by atoms with Gasteiger partial charge in [-0.05, 0) is 18.6 Å². The molecule has 2 aromatic rings. The van der Waals surface area contributed by atoms with Gasteiger partial charge in [0.15, 0.2) is 0 Å². The molecule has 4 heteroatoms. The van der Waals surface area contributed by atoms with E-state index in [1.807, 2.05) is 12.1 Å². The second-order valence-corrected chi connectivity index (χ2v) is 4.72. The molecule has 0 spiro atoms. The molecule has 0 saturated carbocycles. The number of methoxy groups -OCH3 is 2. The number of ether oxygens (including phenoxy) is 2. The summed E-state index contributed by atoms with van der Waals surface area (Å²) in [6, 6.07) is 5.88. The lowest BCUT2D eigenvalue weighted by Gasteiger charge is -2.14. The number of rotatable bonds is 4. The highest BCUT2D eigenvalue weighted by atomic mass is 16.5. The summed E-state index contributed by atoms with van der Waals surface area (Å²) < 4.78 is 10.7. The molecule has 102 valence electrons. The van der Waals surface area contributed by atoms with E-state index in [2.05, 4.69) is 24.9 Å². The van der Waals surface area contributed by atoms with Crippen molar-refractivity contribution >= 4 is 10.9 Å². The van der Waals surface area contributed by atoms with Crippen LogP contribution in [0.5, 0.6) is 11.5 Å². The van der Waals surface area contributed by atoms with E-state index >= 15 is 0 Å². The Morgan fingerprint density at radius 1 is 1.21 bits per heavy atom. The van der Waals surface area contributed by atoms with Gasteiger partial charge in [-0.25, -0.2) is 0 Å². The predicted octanol–water partition coefficient (Wildman–Crippen LogP) is 2.62. The summed E-state index contributed by atoms with van der Waals surface area (Å²) in [7, 11) is 3.30. The van der Waals surface area contributed by atoms with Gasteiger partial charge >= 0.3 is 0 Å². The molecule has 1 unspecified atom stereocenters. The van der Waals surface area contributed by atoms with Crippen molar-refractivity contribution in [2.45, 2.75) is 19.8 Å². The summed E-state index contributed by atoms with van der Waals surface area (Å²) in [5.74, 6) is 1.76. The Balaban J connectivity index is 2.72. The van der Waals surface area contributed by atoms with Crippen LogP contribution in [0.1, 0.15) is 24.1 Å². The first kappa shape index (κ1) is 13.6. The number of aryl methyl sites for hydroxylation is 1. The Morgan fingerprint density at radius 3 is 2.53 bits per heavy atom. The van der Waals surface area contributed by atoms with Gasteiger partial charge < -0.3 is 15.2 Å². The first-order valence-corrected chi connectivity index (χ1v) is 6.34. The largest absolute Gasteiger partial charge is 0.497 e. The van der Waals surface area contributed by atoms with E-state index in [0.717, 1.165) is 33.7 Å². The second kappa shape index (κ2) is 5.45. The van der Waals surface area contributed by atoms with E-state index in [0.29, 0.717) is 6.54 Å². The lowest BCUT2D eigenvalue weighted by Crippen LogP contribution is -2.11. The number of nitrogens with two attached hydrogens (primary N) is 1. The molecular formula is C15H20N2O2. The summed E-state index contributed by atoms with van der Waals surface area (Å²) in [6.45, 7) is 4.72. The molecule has 0 aliphatic carbocycles. The van der Waals surface area contributed by atoms with Crippen LogP contribution < -0.4 is 15.2 Å². The van der Waals surface area contributed by atoms with Crippen molar-refractivity contribution in [1.29, 1.82) is 0 Å². The number of nitrogens with zero attached hydrogens (tertiary/aromatic N) is 1. The van der Waals surface area contributed by atoms with E-state index in [-0.39, 0.29) is 5.92 Å². The van der Waals surface area contributed by atoms with Crippen LogP contribution in [0.3, 0.4) is 0 Å². The van der Waals surface area contributed by atoms with E-state index in [1.54, 1.807) is 14.2 Å². The molecule has 0 aliphatic rings. The van der Waals surface area contributed by atoms with Crippen LogP contribution in [0.25, 0.3) is 10.9 Å². The highest BCUT2D eigenvalue weighted by Crippen LogP contribution is 2.33.